The van der Waals surface area contributed by atoms with Crippen LogP contribution in [0, 0.1) is 0 Å². The van der Waals surface area contributed by atoms with Crippen molar-refractivity contribution >= 4 is 151 Å². The topological polar surface area (TPSA) is 9.86 Å². The molecule has 0 aliphatic heterocycles. The van der Waals surface area contributed by atoms with Crippen molar-refractivity contribution in [3.63, 3.8) is 0 Å². The van der Waals surface area contributed by atoms with Gasteiger partial charge in [-0.25, -0.2) is 0 Å². The van der Waals surface area contributed by atoms with Crippen LogP contribution in [0.25, 0.3) is 241 Å². The summed E-state index contributed by atoms with van der Waals surface area (Å²) in [4.78, 5) is 0. The van der Waals surface area contributed by atoms with Crippen molar-refractivity contribution in [2.24, 2.45) is 0 Å². The second-order valence-corrected chi connectivity index (χ2v) is 31.9. The normalized spacial score (nSPS) is 11.8. The Morgan fingerprint density at radius 1 is 0.117 bits per heavy atom. The van der Waals surface area contributed by atoms with Crippen LogP contribution in [0.1, 0.15) is 0 Å². The van der Waals surface area contributed by atoms with Gasteiger partial charge in [0.1, 0.15) is 0 Å². The SMILES string of the molecule is c1ccc(-c2c3ccccc3c(-c3cccc(-n4c5c6ccccc6c(-c6cccc7ccccc67)cc5c5cc(-c6cccc7ccccc67)c6ccccc6c54)c3)c3ccccc23)cc1.c1ccc(-c2c3ccccc3c(-c3cccc(-n4c5c6ccccc6ccc5c5cc(-c6ccccc6)c6ccccc6c54)c3)c3ccccc23)cc1. The average Bonchev–Trinajstić information content (AvgIpc) is 1.54. The maximum Gasteiger partial charge on any atom is 0.0620 e. The van der Waals surface area contributed by atoms with Crippen molar-refractivity contribution in [3.05, 3.63) is 449 Å². The van der Waals surface area contributed by atoms with E-state index in [0.717, 1.165) is 11.4 Å². The predicted octanol–water partition coefficient (Wildman–Crippen LogP) is 32.8. The molecular formula is C118H74N2. The second kappa shape index (κ2) is 28.0. The molecule has 0 N–H and O–H groups in total. The first-order valence-electron chi connectivity index (χ1n) is 41.6. The van der Waals surface area contributed by atoms with Crippen molar-refractivity contribution in [1.82, 2.24) is 9.13 Å². The first-order chi connectivity index (χ1) is 59.6. The van der Waals surface area contributed by atoms with Crippen LogP contribution in [0.15, 0.2) is 449 Å². The van der Waals surface area contributed by atoms with E-state index in [9.17, 15) is 0 Å². The highest BCUT2D eigenvalue weighted by Crippen LogP contribution is 2.52. The summed E-state index contributed by atoms with van der Waals surface area (Å²) in [6, 6.07) is 166. The summed E-state index contributed by atoms with van der Waals surface area (Å²) < 4.78 is 5.12. The summed E-state index contributed by atoms with van der Waals surface area (Å²) in [5.74, 6) is 0. The highest BCUT2D eigenvalue weighted by Gasteiger charge is 2.27. The Kier molecular flexibility index (Phi) is 16.0. The minimum Gasteiger partial charge on any atom is -0.308 e. The summed E-state index contributed by atoms with van der Waals surface area (Å²) in [5.41, 5.74) is 24.5. The van der Waals surface area contributed by atoms with Crippen LogP contribution in [-0.2, 0) is 0 Å². The van der Waals surface area contributed by atoms with Crippen LogP contribution in [0.2, 0.25) is 0 Å². The number of nitrogens with zero attached hydrogens (tertiary/aromatic N) is 2. The van der Waals surface area contributed by atoms with Gasteiger partial charge in [-0.15, -0.1) is 0 Å². The smallest absolute Gasteiger partial charge is 0.0620 e. The van der Waals surface area contributed by atoms with Crippen molar-refractivity contribution in [2.75, 3.05) is 0 Å². The molecule has 0 fully saturated rings. The van der Waals surface area contributed by atoms with Crippen LogP contribution in [-0.4, -0.2) is 9.13 Å². The number of fused-ring (bicyclic) bond motifs is 20. The number of rotatable bonds is 9. The Balaban J connectivity index is 0.000000140. The van der Waals surface area contributed by atoms with Gasteiger partial charge in [-0.1, -0.05) is 406 Å². The lowest BCUT2D eigenvalue weighted by atomic mass is 9.86. The summed E-state index contributed by atoms with van der Waals surface area (Å²) >= 11 is 0. The fourth-order valence-corrected chi connectivity index (χ4v) is 20.4. The van der Waals surface area contributed by atoms with Crippen molar-refractivity contribution in [2.45, 2.75) is 0 Å². The molecule has 25 rings (SSSR count). The lowest BCUT2D eigenvalue weighted by molar-refractivity contribution is 1.19. The maximum atomic E-state index is 2.58. The van der Waals surface area contributed by atoms with Gasteiger partial charge < -0.3 is 9.13 Å². The molecule has 2 heterocycles. The first kappa shape index (κ1) is 68.6. The first-order valence-corrected chi connectivity index (χ1v) is 41.6. The molecule has 0 aliphatic carbocycles. The summed E-state index contributed by atoms with van der Waals surface area (Å²) in [6.07, 6.45) is 0. The summed E-state index contributed by atoms with van der Waals surface area (Å²) in [5, 5.41) is 29.9. The molecule has 2 nitrogen and oxygen atoms in total. The van der Waals surface area contributed by atoms with Gasteiger partial charge in [-0.3, -0.25) is 0 Å². The molecule has 0 radical (unpaired) electrons. The molecule has 25 aromatic rings. The minimum absolute atomic E-state index is 1.13. The van der Waals surface area contributed by atoms with Gasteiger partial charge in [0.15, 0.2) is 0 Å². The van der Waals surface area contributed by atoms with E-state index in [1.807, 2.05) is 0 Å². The van der Waals surface area contributed by atoms with E-state index >= 15 is 0 Å². The molecule has 0 spiro atoms. The lowest BCUT2D eigenvalue weighted by Gasteiger charge is -2.19. The van der Waals surface area contributed by atoms with Gasteiger partial charge in [0.2, 0.25) is 0 Å². The lowest BCUT2D eigenvalue weighted by Crippen LogP contribution is -1.97. The number of aromatic nitrogens is 2. The van der Waals surface area contributed by atoms with E-state index in [4.69, 9.17) is 0 Å². The monoisotopic (exact) mass is 1520 g/mol. The average molecular weight is 1520 g/mol. The predicted molar refractivity (Wildman–Crippen MR) is 515 cm³/mol. The van der Waals surface area contributed by atoms with Crippen LogP contribution in [0.4, 0.5) is 0 Å². The fraction of sp³-hybridized carbons (Fsp3) is 0. The van der Waals surface area contributed by atoms with E-state index in [2.05, 4.69) is 458 Å². The van der Waals surface area contributed by atoms with Crippen molar-refractivity contribution in [3.8, 4) is 89.3 Å². The Bertz CT molecular complexity index is 8220. The zero-order valence-electron chi connectivity index (χ0n) is 65.6. The number of hydrogen-bond donors (Lipinski definition) is 0. The second-order valence-electron chi connectivity index (χ2n) is 31.9. The Morgan fingerprint density at radius 3 is 0.742 bits per heavy atom. The fourth-order valence-electron chi connectivity index (χ4n) is 20.4. The van der Waals surface area contributed by atoms with Gasteiger partial charge in [0.05, 0.1) is 22.1 Å². The van der Waals surface area contributed by atoms with Gasteiger partial charge in [0.25, 0.3) is 0 Å². The third-order valence-electron chi connectivity index (χ3n) is 25.4. The van der Waals surface area contributed by atoms with Crippen molar-refractivity contribution < 1.29 is 0 Å². The third kappa shape index (κ3) is 10.8. The van der Waals surface area contributed by atoms with Gasteiger partial charge in [0, 0.05) is 54.5 Å². The van der Waals surface area contributed by atoms with E-state index in [0.29, 0.717) is 0 Å². The molecule has 0 amide bonds. The summed E-state index contributed by atoms with van der Waals surface area (Å²) in [7, 11) is 0. The molecule has 0 atom stereocenters. The van der Waals surface area contributed by atoms with Crippen LogP contribution >= 0.6 is 0 Å². The Labute approximate surface area is 693 Å². The zero-order chi connectivity index (χ0) is 78.9. The molecule has 0 unspecified atom stereocenters. The Morgan fingerprint density at radius 2 is 0.358 bits per heavy atom. The van der Waals surface area contributed by atoms with E-state index in [1.165, 1.54) is 229 Å². The molecule has 0 bridgehead atoms. The third-order valence-corrected chi connectivity index (χ3v) is 25.4. The standard InChI is InChI=1S/C66H41N.C52H33N/c1-2-21-44(22-3-1)63-53-31-10-12-33-55(53)64(56-34-13-11-32-54(56)63)45-25-16-26-46(39-45)67-65-57-35-14-8-29-51(57)59(49-37-17-23-42-19-4-6-27-47(42)49)40-61(65)62-41-60(52-30-9-15-36-58(52)66(62)67)50-38-18-24-43-20-5-7-28-48(43)50;1-3-16-34(17-4-1)47-33-48-46-31-30-35-18-7-8-23-39(35)51(46)53(52(48)45-29-14-9-24-40(45)47)38-22-15-21-37(32-38)50-43-27-12-10-25-41(43)49(36-19-5-2-6-20-36)42-26-11-13-28-44(42)50/h1-41H;1-33H. The van der Waals surface area contributed by atoms with E-state index in [-0.39, 0.29) is 0 Å². The minimum atomic E-state index is 1.13. The molecular weight excluding hydrogens is 1450 g/mol. The van der Waals surface area contributed by atoms with E-state index in [1.54, 1.807) is 0 Å². The summed E-state index contributed by atoms with van der Waals surface area (Å²) in [6.45, 7) is 0. The maximum absolute atomic E-state index is 2.58. The van der Waals surface area contributed by atoms with Gasteiger partial charge in [-0.05, 0) is 207 Å². The molecule has 2 heteroatoms. The zero-order valence-corrected chi connectivity index (χ0v) is 65.6. The molecule has 0 aliphatic rings. The number of hydrogen-bond acceptors (Lipinski definition) is 0. The van der Waals surface area contributed by atoms with Crippen LogP contribution in [0.5, 0.6) is 0 Å². The highest BCUT2D eigenvalue weighted by molar-refractivity contribution is 6.31. The largest absolute Gasteiger partial charge is 0.308 e. The van der Waals surface area contributed by atoms with E-state index < -0.39 is 0 Å². The quantitative estimate of drug-likeness (QED) is 0.128. The Hall–Kier alpha value is -15.7. The van der Waals surface area contributed by atoms with Crippen LogP contribution < -0.4 is 0 Å². The van der Waals surface area contributed by atoms with Gasteiger partial charge >= 0.3 is 0 Å². The van der Waals surface area contributed by atoms with Crippen molar-refractivity contribution in [1.29, 1.82) is 0 Å². The molecule has 556 valence electrons. The van der Waals surface area contributed by atoms with Crippen LogP contribution in [0.3, 0.4) is 0 Å². The molecule has 0 saturated carbocycles. The highest BCUT2D eigenvalue weighted by atomic mass is 15.0. The molecule has 2 aromatic heterocycles. The molecule has 120 heavy (non-hydrogen) atoms. The van der Waals surface area contributed by atoms with Gasteiger partial charge in [-0.2, -0.15) is 0 Å². The molecule has 0 saturated heterocycles. The number of benzene rings is 23. The molecule has 23 aromatic carbocycles.